The van der Waals surface area contributed by atoms with Crippen molar-refractivity contribution in [3.8, 4) is 0 Å². The lowest BCUT2D eigenvalue weighted by Gasteiger charge is -2.49. The molecule has 2 aromatic rings. The number of nitrogens with one attached hydrogen (secondary N) is 1. The van der Waals surface area contributed by atoms with Gasteiger partial charge in [-0.15, -0.1) is 46.2 Å². The maximum absolute atomic E-state index is 12.8. The van der Waals surface area contributed by atoms with Crippen LogP contribution in [0.1, 0.15) is 9.88 Å². The number of amides is 2. The second kappa shape index (κ2) is 9.28. The molecular weight excluding hydrogens is 499 g/mol. The molecule has 4 heterocycles. The number of hydrogen-bond donors (Lipinski definition) is 2. The van der Waals surface area contributed by atoms with E-state index in [-0.39, 0.29) is 21.8 Å². The Morgan fingerprint density at radius 3 is 2.84 bits per heavy atom. The Hall–Kier alpha value is -1.93. The predicted octanol–water partition coefficient (Wildman–Crippen LogP) is 1.78. The Kier molecular flexibility index (Phi) is 6.67. The molecule has 2 atom stereocenters. The number of aryl methyl sites for hydroxylation is 1. The topological polar surface area (TPSA) is 117 Å². The number of nitrogens with zero attached hydrogens (tertiary/aromatic N) is 2. The zero-order valence-corrected chi connectivity index (χ0v) is 20.0. The second-order valence-electron chi connectivity index (χ2n) is 6.50. The SMILES string of the molecule is Cc1ncc(SCC2=C(C(=O)O)N3C(=O)C(NC(=O)C(=S=O)c4cccs4)[C@H]3SC2)s1. The molecule has 8 nitrogen and oxygen atoms in total. The first-order valence-electron chi connectivity index (χ1n) is 8.87. The van der Waals surface area contributed by atoms with Crippen LogP contribution < -0.4 is 5.32 Å². The van der Waals surface area contributed by atoms with E-state index in [2.05, 4.69) is 10.3 Å². The van der Waals surface area contributed by atoms with E-state index >= 15 is 0 Å². The number of carbonyl (C=O) groups is 3. The summed E-state index contributed by atoms with van der Waals surface area (Å²) in [6.45, 7) is 1.90. The van der Waals surface area contributed by atoms with E-state index in [0.717, 1.165) is 9.22 Å². The van der Waals surface area contributed by atoms with E-state index < -0.39 is 29.2 Å². The van der Waals surface area contributed by atoms with Crippen LogP contribution in [0.5, 0.6) is 0 Å². The number of fused-ring (bicyclic) bond motifs is 1. The first-order chi connectivity index (χ1) is 14.9. The van der Waals surface area contributed by atoms with E-state index in [1.165, 1.54) is 51.1 Å². The van der Waals surface area contributed by atoms with Gasteiger partial charge < -0.3 is 10.4 Å². The number of thiazole rings is 1. The summed E-state index contributed by atoms with van der Waals surface area (Å²) < 4.78 is 12.4. The normalized spacial score (nSPS) is 20.2. The molecule has 2 amide bonds. The van der Waals surface area contributed by atoms with Gasteiger partial charge in [0.15, 0.2) is 0 Å². The van der Waals surface area contributed by atoms with Gasteiger partial charge in [0, 0.05) is 11.5 Å². The lowest BCUT2D eigenvalue weighted by Crippen LogP contribution is -2.71. The van der Waals surface area contributed by atoms with Gasteiger partial charge in [-0.1, -0.05) is 6.07 Å². The highest BCUT2D eigenvalue weighted by molar-refractivity contribution is 8.02. The summed E-state index contributed by atoms with van der Waals surface area (Å²) in [4.78, 5) is 43.2. The third kappa shape index (κ3) is 4.37. The van der Waals surface area contributed by atoms with Gasteiger partial charge in [-0.25, -0.2) is 14.0 Å². The highest BCUT2D eigenvalue weighted by atomic mass is 32.2. The van der Waals surface area contributed by atoms with Crippen LogP contribution in [0, 0.1) is 6.92 Å². The van der Waals surface area contributed by atoms with Crippen molar-refractivity contribution in [1.29, 1.82) is 0 Å². The van der Waals surface area contributed by atoms with Crippen molar-refractivity contribution in [3.05, 3.63) is 44.9 Å². The number of hydrogen-bond acceptors (Lipinski definition) is 9. The lowest BCUT2D eigenvalue weighted by atomic mass is 10.0. The zero-order chi connectivity index (χ0) is 22.1. The van der Waals surface area contributed by atoms with Gasteiger partial charge in [-0.3, -0.25) is 14.5 Å². The van der Waals surface area contributed by atoms with Crippen molar-refractivity contribution in [2.75, 3.05) is 11.5 Å². The molecule has 0 aliphatic carbocycles. The lowest BCUT2D eigenvalue weighted by molar-refractivity contribution is -0.150. The fourth-order valence-electron chi connectivity index (χ4n) is 3.17. The maximum atomic E-state index is 12.8. The largest absolute Gasteiger partial charge is 0.477 e. The molecule has 31 heavy (non-hydrogen) atoms. The molecule has 1 saturated heterocycles. The number of carboxylic acids is 1. The minimum atomic E-state index is -1.17. The van der Waals surface area contributed by atoms with Crippen LogP contribution in [-0.4, -0.2) is 64.8 Å². The van der Waals surface area contributed by atoms with Gasteiger partial charge in [0.05, 0.1) is 20.3 Å². The molecule has 1 unspecified atom stereocenters. The van der Waals surface area contributed by atoms with Crippen molar-refractivity contribution < 1.29 is 23.7 Å². The summed E-state index contributed by atoms with van der Waals surface area (Å²) in [7, 11) is 0. The molecule has 2 aromatic heterocycles. The summed E-state index contributed by atoms with van der Waals surface area (Å²) in [5.41, 5.74) is 0.637. The molecule has 0 spiro atoms. The molecule has 0 radical (unpaired) electrons. The fourth-order valence-corrected chi connectivity index (χ4v) is 7.79. The number of aromatic nitrogens is 1. The zero-order valence-electron chi connectivity index (χ0n) is 15.9. The van der Waals surface area contributed by atoms with Crippen LogP contribution in [0.3, 0.4) is 0 Å². The molecule has 0 aromatic carbocycles. The summed E-state index contributed by atoms with van der Waals surface area (Å²) >= 11 is 5.76. The number of aliphatic carboxylic acids is 1. The van der Waals surface area contributed by atoms with Crippen molar-refractivity contribution >= 4 is 80.1 Å². The third-order valence-corrected chi connectivity index (χ3v) is 9.68. The summed E-state index contributed by atoms with van der Waals surface area (Å²) in [5, 5.41) is 14.5. The Bertz CT molecular complexity index is 1140. The molecule has 13 heteroatoms. The van der Waals surface area contributed by atoms with E-state index in [1.54, 1.807) is 23.7 Å². The Labute approximate surface area is 197 Å². The van der Waals surface area contributed by atoms with E-state index in [0.29, 0.717) is 22.0 Å². The van der Waals surface area contributed by atoms with Gasteiger partial charge in [-0.2, -0.15) is 0 Å². The van der Waals surface area contributed by atoms with E-state index in [1.807, 2.05) is 6.92 Å². The quantitative estimate of drug-likeness (QED) is 0.249. The van der Waals surface area contributed by atoms with Crippen molar-refractivity contribution in [3.63, 3.8) is 0 Å². The Morgan fingerprint density at radius 1 is 1.42 bits per heavy atom. The third-order valence-electron chi connectivity index (χ3n) is 4.56. The predicted molar refractivity (Wildman–Crippen MR) is 124 cm³/mol. The molecule has 0 bridgehead atoms. The van der Waals surface area contributed by atoms with E-state index in [4.69, 9.17) is 0 Å². The molecular formula is C18H15N3O5S5. The second-order valence-corrected chi connectivity index (χ2v) is 11.6. The van der Waals surface area contributed by atoms with Crippen LogP contribution in [0.25, 0.3) is 0 Å². The Morgan fingerprint density at radius 2 is 2.23 bits per heavy atom. The average molecular weight is 514 g/mol. The molecule has 162 valence electrons. The highest BCUT2D eigenvalue weighted by Crippen LogP contribution is 2.42. The summed E-state index contributed by atoms with van der Waals surface area (Å²) in [6, 6.07) is 2.52. The van der Waals surface area contributed by atoms with Crippen molar-refractivity contribution in [1.82, 2.24) is 15.2 Å². The molecule has 4 rings (SSSR count). The standard InChI is InChI=1S/C18H15N3O5S5/c1-8-19-5-11(30-8)28-6-9-7-29-17-12(16(23)21(17)13(9)18(24)25)20-15(22)14(31-26)10-3-2-4-27-10/h2-5,12,17H,6-7H2,1H3,(H,20,22)(H,24,25)/t12?,17-/m1/s1. The monoisotopic (exact) mass is 513 g/mol. The van der Waals surface area contributed by atoms with Crippen LogP contribution >= 0.6 is 46.2 Å². The fraction of sp³-hybridized carbons (Fsp3) is 0.278. The highest BCUT2D eigenvalue weighted by Gasteiger charge is 2.54. The van der Waals surface area contributed by atoms with Gasteiger partial charge >= 0.3 is 5.97 Å². The van der Waals surface area contributed by atoms with Crippen LogP contribution in [-0.2, 0) is 25.6 Å². The molecule has 1 fully saturated rings. The van der Waals surface area contributed by atoms with E-state index in [9.17, 15) is 23.7 Å². The first kappa shape index (κ1) is 22.3. The molecule has 2 aliphatic rings. The molecule has 0 saturated carbocycles. The van der Waals surface area contributed by atoms with Gasteiger partial charge in [0.2, 0.25) is 0 Å². The Balaban J connectivity index is 1.48. The van der Waals surface area contributed by atoms with Gasteiger partial charge in [0.25, 0.3) is 11.8 Å². The average Bonchev–Trinajstić information content (AvgIpc) is 3.42. The number of β-lactam (4-membered cyclic amide) rings is 1. The van der Waals surface area contributed by atoms with Crippen molar-refractivity contribution in [2.24, 2.45) is 0 Å². The van der Waals surface area contributed by atoms with Crippen LogP contribution in [0.15, 0.2) is 39.2 Å². The smallest absolute Gasteiger partial charge is 0.352 e. The van der Waals surface area contributed by atoms with Gasteiger partial charge in [0.1, 0.15) is 33.2 Å². The molecule has 2 aliphatic heterocycles. The number of carboxylic acid groups (broad SMARTS) is 1. The minimum absolute atomic E-state index is 0.00648. The number of carbonyl (C=O) groups excluding carboxylic acids is 2. The van der Waals surface area contributed by atoms with Gasteiger partial charge in [-0.05, 0) is 23.9 Å². The van der Waals surface area contributed by atoms with Crippen LogP contribution in [0.4, 0.5) is 0 Å². The number of thiophene rings is 1. The summed E-state index contributed by atoms with van der Waals surface area (Å²) in [5.74, 6) is -1.40. The molecule has 2 N–H and O–H groups in total. The van der Waals surface area contributed by atoms with Crippen LogP contribution in [0.2, 0.25) is 0 Å². The maximum Gasteiger partial charge on any atom is 0.352 e. The first-order valence-corrected chi connectivity index (χ1v) is 13.3. The number of thioether (sulfide) groups is 2. The minimum Gasteiger partial charge on any atom is -0.477 e. The number of rotatable bonds is 7. The van der Waals surface area contributed by atoms with Crippen molar-refractivity contribution in [2.45, 2.75) is 22.5 Å². The summed E-state index contributed by atoms with van der Waals surface area (Å²) in [6.07, 6.45) is 1.75.